The van der Waals surface area contributed by atoms with E-state index in [-0.39, 0.29) is 0 Å². The second-order valence-electron chi connectivity index (χ2n) is 4.90. The highest BCUT2D eigenvalue weighted by Gasteiger charge is 2.31. The molecule has 0 radical (unpaired) electrons. The predicted octanol–water partition coefficient (Wildman–Crippen LogP) is 3.28. The highest BCUT2D eigenvalue weighted by molar-refractivity contribution is 4.82. The molecule has 0 aromatic carbocycles. The van der Waals surface area contributed by atoms with Crippen LogP contribution in [0.25, 0.3) is 0 Å². The molecule has 0 saturated carbocycles. The van der Waals surface area contributed by atoms with Crippen LogP contribution in [-0.2, 0) is 4.74 Å². The molecular weight excluding hydrogens is 188 g/mol. The molecule has 1 saturated heterocycles. The molecule has 0 spiro atoms. The van der Waals surface area contributed by atoms with Crippen molar-refractivity contribution in [3.8, 4) is 0 Å². The fourth-order valence-electron chi connectivity index (χ4n) is 2.20. The zero-order valence-electron chi connectivity index (χ0n) is 10.1. The first-order chi connectivity index (χ1) is 7.27. The lowest BCUT2D eigenvalue weighted by molar-refractivity contribution is 0.0171. The third-order valence-corrected chi connectivity index (χ3v) is 3.33. The Hall–Kier alpha value is -0.0800. The van der Waals surface area contributed by atoms with Crippen molar-refractivity contribution < 1.29 is 9.84 Å². The largest absolute Gasteiger partial charge is 0.387 e. The molecule has 0 bridgehead atoms. The van der Waals surface area contributed by atoms with Gasteiger partial charge in [-0.1, -0.05) is 51.9 Å². The summed E-state index contributed by atoms with van der Waals surface area (Å²) in [4.78, 5) is 0. The highest BCUT2D eigenvalue weighted by Crippen LogP contribution is 2.24. The molecule has 0 aliphatic carbocycles. The molecule has 2 heteroatoms. The molecule has 90 valence electrons. The van der Waals surface area contributed by atoms with Crippen molar-refractivity contribution >= 4 is 0 Å². The molecular formula is C13H26O2. The van der Waals surface area contributed by atoms with Crippen LogP contribution in [0, 0.1) is 0 Å². The topological polar surface area (TPSA) is 29.5 Å². The Balaban J connectivity index is 1.88. The maximum Gasteiger partial charge on any atom is 0.0902 e. The number of ether oxygens (including phenoxy) is 1. The third-order valence-electron chi connectivity index (χ3n) is 3.33. The molecule has 1 atom stereocenters. The van der Waals surface area contributed by atoms with Gasteiger partial charge in [0.2, 0.25) is 0 Å². The Bertz CT molecular complexity index is 151. The first-order valence-corrected chi connectivity index (χ1v) is 6.57. The number of hydrogen-bond donors (Lipinski definition) is 1. The van der Waals surface area contributed by atoms with Gasteiger partial charge in [0.25, 0.3) is 0 Å². The van der Waals surface area contributed by atoms with Crippen molar-refractivity contribution in [1.29, 1.82) is 0 Å². The van der Waals surface area contributed by atoms with Crippen molar-refractivity contribution in [2.45, 2.75) is 70.3 Å². The summed E-state index contributed by atoms with van der Waals surface area (Å²) in [7, 11) is 0. The summed E-state index contributed by atoms with van der Waals surface area (Å²) in [5.41, 5.74) is -0.483. The van der Waals surface area contributed by atoms with Gasteiger partial charge in [0, 0.05) is 13.0 Å². The van der Waals surface area contributed by atoms with Gasteiger partial charge in [-0.05, 0) is 6.42 Å². The Morgan fingerprint density at radius 1 is 1.07 bits per heavy atom. The average Bonchev–Trinajstić information content (AvgIpc) is 2.64. The maximum absolute atomic E-state index is 10.0. The summed E-state index contributed by atoms with van der Waals surface area (Å²) in [6, 6.07) is 0. The van der Waals surface area contributed by atoms with Crippen LogP contribution in [0.3, 0.4) is 0 Å². The van der Waals surface area contributed by atoms with E-state index in [1.165, 1.54) is 38.5 Å². The zero-order valence-corrected chi connectivity index (χ0v) is 10.1. The van der Waals surface area contributed by atoms with Gasteiger partial charge < -0.3 is 9.84 Å². The Morgan fingerprint density at radius 2 is 1.73 bits per heavy atom. The Kier molecular flexibility index (Phi) is 6.26. The normalized spacial score (nSPS) is 26.0. The van der Waals surface area contributed by atoms with Crippen molar-refractivity contribution in [1.82, 2.24) is 0 Å². The van der Waals surface area contributed by atoms with Crippen LogP contribution in [0.4, 0.5) is 0 Å². The predicted molar refractivity (Wildman–Crippen MR) is 63.0 cm³/mol. The van der Waals surface area contributed by atoms with Crippen LogP contribution in [-0.4, -0.2) is 23.9 Å². The summed E-state index contributed by atoms with van der Waals surface area (Å²) in [6.45, 7) is 3.55. The maximum atomic E-state index is 10.0. The SMILES string of the molecule is CCCCCCCCCC1(O)CCOC1. The molecule has 1 aliphatic rings. The molecule has 1 N–H and O–H groups in total. The Labute approximate surface area is 94.0 Å². The fraction of sp³-hybridized carbons (Fsp3) is 1.00. The van der Waals surface area contributed by atoms with Crippen LogP contribution < -0.4 is 0 Å². The van der Waals surface area contributed by atoms with Gasteiger partial charge in [0.05, 0.1) is 12.2 Å². The van der Waals surface area contributed by atoms with Crippen molar-refractivity contribution in [2.75, 3.05) is 13.2 Å². The lowest BCUT2D eigenvalue weighted by atomic mass is 9.95. The smallest absolute Gasteiger partial charge is 0.0902 e. The molecule has 1 aliphatic heterocycles. The van der Waals surface area contributed by atoms with Crippen LogP contribution >= 0.6 is 0 Å². The molecule has 1 rings (SSSR count). The molecule has 0 aromatic rings. The average molecular weight is 214 g/mol. The third kappa shape index (κ3) is 5.53. The van der Waals surface area contributed by atoms with Crippen molar-refractivity contribution in [2.24, 2.45) is 0 Å². The Morgan fingerprint density at radius 3 is 2.33 bits per heavy atom. The second kappa shape index (κ2) is 7.24. The van der Waals surface area contributed by atoms with E-state index in [4.69, 9.17) is 4.74 Å². The second-order valence-corrected chi connectivity index (χ2v) is 4.90. The fourth-order valence-corrected chi connectivity index (χ4v) is 2.20. The van der Waals surface area contributed by atoms with E-state index in [2.05, 4.69) is 6.92 Å². The summed E-state index contributed by atoms with van der Waals surface area (Å²) in [6.07, 6.45) is 11.0. The molecule has 1 heterocycles. The number of rotatable bonds is 8. The quantitative estimate of drug-likeness (QED) is 0.628. The zero-order chi connectivity index (χ0) is 11.0. The van der Waals surface area contributed by atoms with Crippen LogP contribution in [0.5, 0.6) is 0 Å². The number of aliphatic hydroxyl groups is 1. The van der Waals surface area contributed by atoms with Gasteiger partial charge >= 0.3 is 0 Å². The van der Waals surface area contributed by atoms with E-state index >= 15 is 0 Å². The summed E-state index contributed by atoms with van der Waals surface area (Å²) >= 11 is 0. The molecule has 0 amide bonds. The van der Waals surface area contributed by atoms with Gasteiger partial charge in [-0.3, -0.25) is 0 Å². The van der Waals surface area contributed by atoms with E-state index in [1.54, 1.807) is 0 Å². The summed E-state index contributed by atoms with van der Waals surface area (Å²) in [5.74, 6) is 0. The molecule has 15 heavy (non-hydrogen) atoms. The van der Waals surface area contributed by atoms with Gasteiger partial charge in [0.15, 0.2) is 0 Å². The summed E-state index contributed by atoms with van der Waals surface area (Å²) < 4.78 is 5.22. The minimum Gasteiger partial charge on any atom is -0.387 e. The van der Waals surface area contributed by atoms with E-state index < -0.39 is 5.60 Å². The molecule has 2 nitrogen and oxygen atoms in total. The summed E-state index contributed by atoms with van der Waals surface area (Å²) in [5, 5.41) is 10.0. The van der Waals surface area contributed by atoms with E-state index in [1.807, 2.05) is 0 Å². The van der Waals surface area contributed by atoms with Gasteiger partial charge in [-0.15, -0.1) is 0 Å². The van der Waals surface area contributed by atoms with E-state index in [9.17, 15) is 5.11 Å². The molecule has 0 aromatic heterocycles. The first kappa shape index (κ1) is 13.0. The van der Waals surface area contributed by atoms with Gasteiger partial charge in [-0.2, -0.15) is 0 Å². The lowest BCUT2D eigenvalue weighted by Crippen LogP contribution is -2.28. The van der Waals surface area contributed by atoms with Crippen LogP contribution in [0.2, 0.25) is 0 Å². The first-order valence-electron chi connectivity index (χ1n) is 6.57. The highest BCUT2D eigenvalue weighted by atomic mass is 16.5. The standard InChI is InChI=1S/C13H26O2/c1-2-3-4-5-6-7-8-9-13(14)10-11-15-12-13/h14H,2-12H2,1H3. The number of hydrogen-bond acceptors (Lipinski definition) is 2. The number of unbranched alkanes of at least 4 members (excludes halogenated alkanes) is 6. The lowest BCUT2D eigenvalue weighted by Gasteiger charge is -2.19. The van der Waals surface area contributed by atoms with Gasteiger partial charge in [0.1, 0.15) is 0 Å². The molecule has 1 unspecified atom stereocenters. The van der Waals surface area contributed by atoms with Gasteiger partial charge in [-0.25, -0.2) is 0 Å². The van der Waals surface area contributed by atoms with Crippen molar-refractivity contribution in [3.63, 3.8) is 0 Å². The van der Waals surface area contributed by atoms with Crippen molar-refractivity contribution in [3.05, 3.63) is 0 Å². The van der Waals surface area contributed by atoms with E-state index in [0.29, 0.717) is 6.61 Å². The van der Waals surface area contributed by atoms with Crippen LogP contribution in [0.15, 0.2) is 0 Å². The minimum absolute atomic E-state index is 0.483. The monoisotopic (exact) mass is 214 g/mol. The van der Waals surface area contributed by atoms with E-state index in [0.717, 1.165) is 25.9 Å². The minimum atomic E-state index is -0.483. The van der Waals surface area contributed by atoms with Crippen LogP contribution in [0.1, 0.15) is 64.7 Å². The molecule has 1 fully saturated rings.